The molecule has 3 aromatic carbocycles. The first-order chi connectivity index (χ1) is 17.0. The van der Waals surface area contributed by atoms with E-state index in [0.717, 1.165) is 19.0 Å². The van der Waals surface area contributed by atoms with Gasteiger partial charge in [0.05, 0.1) is 17.2 Å². The summed E-state index contributed by atoms with van der Waals surface area (Å²) < 4.78 is 44.1. The van der Waals surface area contributed by atoms with Crippen LogP contribution in [0.5, 0.6) is 5.75 Å². The van der Waals surface area contributed by atoms with E-state index in [1.54, 1.807) is 48.5 Å². The van der Waals surface area contributed by atoms with Gasteiger partial charge in [-0.25, -0.2) is 18.4 Å². The van der Waals surface area contributed by atoms with Gasteiger partial charge in [-0.2, -0.15) is 0 Å². The van der Waals surface area contributed by atoms with E-state index in [1.807, 2.05) is 0 Å². The van der Waals surface area contributed by atoms with Crippen molar-refractivity contribution < 1.29 is 32.3 Å². The van der Waals surface area contributed by atoms with Gasteiger partial charge >= 0.3 is 11.9 Å². The molecule has 8 heteroatoms. The molecule has 0 bridgehead atoms. The highest BCUT2D eigenvalue weighted by Gasteiger charge is 2.26. The summed E-state index contributed by atoms with van der Waals surface area (Å²) in [5.74, 6) is -2.62. The van der Waals surface area contributed by atoms with Gasteiger partial charge in [-0.3, -0.25) is 0 Å². The third kappa shape index (κ3) is 4.79. The molecule has 1 aliphatic heterocycles. The van der Waals surface area contributed by atoms with Crippen molar-refractivity contribution in [3.63, 3.8) is 0 Å². The molecule has 0 aliphatic carbocycles. The number of nitrogens with one attached hydrogen (secondary N) is 1. The summed E-state index contributed by atoms with van der Waals surface area (Å²) >= 11 is 0. The standard InChI is InChI=1S/C27H21F2NO5/c28-22-14-21(25-20(24(22)29)10-12-33-25)17-6-8-19(9-7-17)34-15-16-3-1-4-18(13-16)26(31)35-27(32)23-5-2-11-30-23/h1,3-4,6-10,12-14,23,30H,2,5,11,15H2/t23-/m0/s1. The summed E-state index contributed by atoms with van der Waals surface area (Å²) in [6, 6.07) is 15.6. The molecule has 1 atom stereocenters. The van der Waals surface area contributed by atoms with E-state index < -0.39 is 29.6 Å². The molecule has 35 heavy (non-hydrogen) atoms. The summed E-state index contributed by atoms with van der Waals surface area (Å²) in [6.07, 6.45) is 2.84. The fourth-order valence-electron chi connectivity index (χ4n) is 4.08. The van der Waals surface area contributed by atoms with Crippen LogP contribution in [-0.4, -0.2) is 24.5 Å². The molecule has 0 amide bonds. The zero-order valence-electron chi connectivity index (χ0n) is 18.6. The number of carbonyl (C=O) groups excluding carboxylic acids is 2. The van der Waals surface area contributed by atoms with Crippen LogP contribution in [0.1, 0.15) is 28.8 Å². The zero-order chi connectivity index (χ0) is 24.4. The fourth-order valence-corrected chi connectivity index (χ4v) is 4.08. The Balaban J connectivity index is 1.24. The number of rotatable bonds is 6. The number of fused-ring (bicyclic) bond motifs is 1. The minimum atomic E-state index is -0.950. The first kappa shape index (κ1) is 22.7. The molecule has 1 aromatic heterocycles. The van der Waals surface area contributed by atoms with Crippen molar-refractivity contribution in [1.82, 2.24) is 5.32 Å². The highest BCUT2D eigenvalue weighted by Crippen LogP contribution is 2.33. The van der Waals surface area contributed by atoms with E-state index in [4.69, 9.17) is 13.9 Å². The molecule has 0 spiro atoms. The van der Waals surface area contributed by atoms with Crippen LogP contribution < -0.4 is 10.1 Å². The summed E-state index contributed by atoms with van der Waals surface area (Å²) in [5, 5.41) is 3.09. The molecule has 1 N–H and O–H groups in total. The number of esters is 2. The lowest BCUT2D eigenvalue weighted by molar-refractivity contribution is -0.139. The highest BCUT2D eigenvalue weighted by atomic mass is 19.2. The van der Waals surface area contributed by atoms with Crippen LogP contribution >= 0.6 is 0 Å². The topological polar surface area (TPSA) is 77.8 Å². The average molecular weight is 477 g/mol. The molecule has 1 saturated heterocycles. The second kappa shape index (κ2) is 9.68. The first-order valence-corrected chi connectivity index (χ1v) is 11.2. The van der Waals surface area contributed by atoms with Crippen LogP contribution in [0.3, 0.4) is 0 Å². The molecule has 0 radical (unpaired) electrons. The smallest absolute Gasteiger partial charge is 0.345 e. The summed E-state index contributed by atoms with van der Waals surface area (Å²) in [6.45, 7) is 0.905. The van der Waals surface area contributed by atoms with Crippen LogP contribution in [-0.2, 0) is 16.1 Å². The number of carbonyl (C=O) groups is 2. The van der Waals surface area contributed by atoms with E-state index in [2.05, 4.69) is 5.32 Å². The van der Waals surface area contributed by atoms with Crippen molar-refractivity contribution in [2.24, 2.45) is 0 Å². The molecule has 1 aliphatic rings. The van der Waals surface area contributed by atoms with Crippen LogP contribution in [0.2, 0.25) is 0 Å². The maximum absolute atomic E-state index is 14.0. The van der Waals surface area contributed by atoms with Gasteiger partial charge in [0.1, 0.15) is 24.0 Å². The summed E-state index contributed by atoms with van der Waals surface area (Å²) in [7, 11) is 0. The second-order valence-electron chi connectivity index (χ2n) is 8.25. The Kier molecular flexibility index (Phi) is 6.29. The Morgan fingerprint density at radius 2 is 1.89 bits per heavy atom. The number of halogens is 2. The van der Waals surface area contributed by atoms with E-state index >= 15 is 0 Å². The van der Waals surface area contributed by atoms with Crippen molar-refractivity contribution >= 4 is 22.9 Å². The molecule has 178 valence electrons. The molecule has 5 rings (SSSR count). The number of furan rings is 1. The predicted octanol–water partition coefficient (Wildman–Crippen LogP) is 5.39. The van der Waals surface area contributed by atoms with Crippen molar-refractivity contribution in [2.75, 3.05) is 6.54 Å². The number of hydrogen-bond acceptors (Lipinski definition) is 6. The molecular weight excluding hydrogens is 456 g/mol. The van der Waals surface area contributed by atoms with E-state index in [1.165, 1.54) is 12.3 Å². The Morgan fingerprint density at radius 1 is 1.06 bits per heavy atom. The number of benzene rings is 3. The monoisotopic (exact) mass is 477 g/mol. The lowest BCUT2D eigenvalue weighted by Gasteiger charge is -2.10. The van der Waals surface area contributed by atoms with Gasteiger partial charge in [0, 0.05) is 5.56 Å². The Hall–Kier alpha value is -4.04. The van der Waals surface area contributed by atoms with Crippen LogP contribution in [0, 0.1) is 11.6 Å². The van der Waals surface area contributed by atoms with Gasteiger partial charge in [-0.1, -0.05) is 24.3 Å². The van der Waals surface area contributed by atoms with Crippen LogP contribution in [0.4, 0.5) is 8.78 Å². The fraction of sp³-hybridized carbons (Fsp3) is 0.185. The van der Waals surface area contributed by atoms with Gasteiger partial charge in [-0.05, 0) is 66.9 Å². The predicted molar refractivity (Wildman–Crippen MR) is 124 cm³/mol. The van der Waals surface area contributed by atoms with Gasteiger partial charge in [-0.15, -0.1) is 0 Å². The SMILES string of the molecule is O=C(OC(=O)[C@@H]1CCCN1)c1cccc(COc2ccc(-c3cc(F)c(F)c4ccoc34)cc2)c1. The molecule has 6 nitrogen and oxygen atoms in total. The normalized spacial score (nSPS) is 15.3. The van der Waals surface area contributed by atoms with Gasteiger partial charge in [0.25, 0.3) is 0 Å². The molecule has 1 fully saturated rings. The number of ether oxygens (including phenoxy) is 2. The van der Waals surface area contributed by atoms with Crippen LogP contribution in [0.25, 0.3) is 22.1 Å². The van der Waals surface area contributed by atoms with Crippen molar-refractivity contribution in [2.45, 2.75) is 25.5 Å². The minimum Gasteiger partial charge on any atom is -0.489 e. The summed E-state index contributed by atoms with van der Waals surface area (Å²) in [4.78, 5) is 24.4. The van der Waals surface area contributed by atoms with Crippen molar-refractivity contribution in [1.29, 1.82) is 0 Å². The van der Waals surface area contributed by atoms with Gasteiger partial charge in [0.2, 0.25) is 0 Å². The van der Waals surface area contributed by atoms with Gasteiger partial charge in [0.15, 0.2) is 11.6 Å². The number of hydrogen-bond donors (Lipinski definition) is 1. The molecular formula is C27H21F2NO5. The van der Waals surface area contributed by atoms with Crippen molar-refractivity contribution in [3.05, 3.63) is 89.7 Å². The molecule has 0 unspecified atom stereocenters. The minimum absolute atomic E-state index is 0.0833. The molecule has 0 saturated carbocycles. The third-order valence-corrected chi connectivity index (χ3v) is 5.90. The Morgan fingerprint density at radius 3 is 2.66 bits per heavy atom. The zero-order valence-corrected chi connectivity index (χ0v) is 18.6. The van der Waals surface area contributed by atoms with Crippen molar-refractivity contribution in [3.8, 4) is 16.9 Å². The maximum atomic E-state index is 14.0. The summed E-state index contributed by atoms with van der Waals surface area (Å²) in [5.41, 5.74) is 2.32. The van der Waals surface area contributed by atoms with E-state index in [9.17, 15) is 18.4 Å². The average Bonchev–Trinajstić information content (AvgIpc) is 3.59. The Bertz CT molecular complexity index is 1390. The highest BCUT2D eigenvalue weighted by molar-refractivity contribution is 5.98. The molecule has 2 heterocycles. The lowest BCUT2D eigenvalue weighted by atomic mass is 10.0. The Labute approximate surface area is 199 Å². The van der Waals surface area contributed by atoms with E-state index in [-0.39, 0.29) is 23.1 Å². The molecule has 4 aromatic rings. The third-order valence-electron chi connectivity index (χ3n) is 5.90. The maximum Gasteiger partial charge on any atom is 0.345 e. The second-order valence-corrected chi connectivity index (χ2v) is 8.25. The largest absolute Gasteiger partial charge is 0.489 e. The first-order valence-electron chi connectivity index (χ1n) is 11.2. The lowest BCUT2D eigenvalue weighted by Crippen LogP contribution is -2.33. The van der Waals surface area contributed by atoms with Crippen LogP contribution in [0.15, 0.2) is 71.3 Å². The quantitative estimate of drug-likeness (QED) is 0.296. The van der Waals surface area contributed by atoms with Gasteiger partial charge < -0.3 is 19.2 Å². The van der Waals surface area contributed by atoms with E-state index in [0.29, 0.717) is 28.9 Å².